The number of methoxy groups -OCH3 is 1. The normalized spacial score (nSPS) is 13.8. The molecule has 0 saturated heterocycles. The number of carbonyl (C=O) groups excluding carboxylic acids is 1. The molecule has 1 amide bonds. The van der Waals surface area contributed by atoms with Gasteiger partial charge in [0.15, 0.2) is 0 Å². The molecule has 0 aliphatic heterocycles. The van der Waals surface area contributed by atoms with Crippen LogP contribution in [0.4, 0.5) is 0 Å². The molecule has 4 nitrogen and oxygen atoms in total. The fourth-order valence-corrected chi connectivity index (χ4v) is 2.68. The molecule has 100 valence electrons. The fraction of sp³-hybridized carbons (Fsp3) is 0.417. The molecule has 1 rings (SSSR count). The number of benzene rings is 1. The van der Waals surface area contributed by atoms with Gasteiger partial charge in [-0.1, -0.05) is 15.9 Å². The van der Waals surface area contributed by atoms with E-state index in [0.717, 1.165) is 4.47 Å². The van der Waals surface area contributed by atoms with Crippen LogP contribution in [-0.2, 0) is 10.8 Å². The topological polar surface area (TPSA) is 55.4 Å². The Kier molecular flexibility index (Phi) is 5.81. The first-order valence-corrected chi connectivity index (χ1v) is 7.90. The number of nitrogens with one attached hydrogen (secondary N) is 1. The number of carbonyl (C=O) groups is 1. The second-order valence-corrected chi connectivity index (χ2v) is 6.35. The van der Waals surface area contributed by atoms with E-state index in [1.165, 1.54) is 7.11 Å². The number of halogens is 1. The second kappa shape index (κ2) is 6.89. The summed E-state index contributed by atoms with van der Waals surface area (Å²) in [6.07, 6.45) is 1.61. The van der Waals surface area contributed by atoms with Gasteiger partial charge < -0.3 is 10.1 Å². The number of hydrogen-bond acceptors (Lipinski definition) is 3. The summed E-state index contributed by atoms with van der Waals surface area (Å²) in [7, 11) is 0.584. The maximum absolute atomic E-state index is 12.0. The molecule has 0 aliphatic carbocycles. The average Bonchev–Trinajstić information content (AvgIpc) is 2.27. The van der Waals surface area contributed by atoms with E-state index >= 15 is 0 Å². The summed E-state index contributed by atoms with van der Waals surface area (Å²) < 4.78 is 17.1. The van der Waals surface area contributed by atoms with E-state index in [2.05, 4.69) is 21.2 Å². The molecule has 0 saturated carbocycles. The molecule has 0 radical (unpaired) electrons. The molecular formula is C12H16BrNO3S. The van der Waals surface area contributed by atoms with Crippen molar-refractivity contribution in [2.45, 2.75) is 13.0 Å². The maximum Gasteiger partial charge on any atom is 0.255 e. The van der Waals surface area contributed by atoms with Crippen LogP contribution in [0.3, 0.4) is 0 Å². The van der Waals surface area contributed by atoms with Gasteiger partial charge in [-0.2, -0.15) is 0 Å². The Morgan fingerprint density at radius 3 is 2.78 bits per heavy atom. The van der Waals surface area contributed by atoms with Gasteiger partial charge >= 0.3 is 0 Å². The van der Waals surface area contributed by atoms with Gasteiger partial charge in [0.25, 0.3) is 5.91 Å². The molecule has 1 aromatic rings. The summed E-state index contributed by atoms with van der Waals surface area (Å²) in [6, 6.07) is 5.06. The summed E-state index contributed by atoms with van der Waals surface area (Å²) in [6.45, 7) is 1.82. The lowest BCUT2D eigenvalue weighted by atomic mass is 10.2. The van der Waals surface area contributed by atoms with Crippen molar-refractivity contribution in [3.63, 3.8) is 0 Å². The van der Waals surface area contributed by atoms with Gasteiger partial charge in [0.05, 0.1) is 12.7 Å². The third-order valence-electron chi connectivity index (χ3n) is 2.27. The lowest BCUT2D eigenvalue weighted by Crippen LogP contribution is -2.36. The molecule has 0 bridgehead atoms. The lowest BCUT2D eigenvalue weighted by molar-refractivity contribution is 0.0940. The minimum atomic E-state index is -0.933. The molecule has 0 fully saturated rings. The van der Waals surface area contributed by atoms with Crippen molar-refractivity contribution in [2.75, 3.05) is 19.1 Å². The van der Waals surface area contributed by atoms with E-state index in [-0.39, 0.29) is 11.9 Å². The summed E-state index contributed by atoms with van der Waals surface area (Å²) >= 11 is 3.32. The van der Waals surface area contributed by atoms with Crippen molar-refractivity contribution in [2.24, 2.45) is 0 Å². The second-order valence-electron chi connectivity index (χ2n) is 3.96. The highest BCUT2D eigenvalue weighted by Crippen LogP contribution is 2.23. The van der Waals surface area contributed by atoms with Gasteiger partial charge in [-0.05, 0) is 25.1 Å². The Morgan fingerprint density at radius 2 is 2.22 bits per heavy atom. The monoisotopic (exact) mass is 333 g/mol. The van der Waals surface area contributed by atoms with Gasteiger partial charge in [-0.3, -0.25) is 9.00 Å². The SMILES string of the molecule is COc1cc(Br)ccc1C(=O)NC(C)CS(C)=O. The van der Waals surface area contributed by atoms with Crippen molar-refractivity contribution in [1.82, 2.24) is 5.32 Å². The van der Waals surface area contributed by atoms with Crippen LogP contribution in [0.25, 0.3) is 0 Å². The largest absolute Gasteiger partial charge is 0.496 e. The smallest absolute Gasteiger partial charge is 0.255 e. The van der Waals surface area contributed by atoms with Crippen LogP contribution < -0.4 is 10.1 Å². The Hall–Kier alpha value is -0.880. The van der Waals surface area contributed by atoms with Gasteiger partial charge in [-0.25, -0.2) is 0 Å². The lowest BCUT2D eigenvalue weighted by Gasteiger charge is -2.14. The molecule has 18 heavy (non-hydrogen) atoms. The van der Waals surface area contributed by atoms with Crippen molar-refractivity contribution in [3.05, 3.63) is 28.2 Å². The predicted molar refractivity (Wildman–Crippen MR) is 76.6 cm³/mol. The van der Waals surface area contributed by atoms with Crippen LogP contribution in [0, 0.1) is 0 Å². The van der Waals surface area contributed by atoms with Crippen molar-refractivity contribution >= 4 is 32.6 Å². The standard InChI is InChI=1S/C12H16BrNO3S/c1-8(7-18(3)16)14-12(15)10-5-4-9(13)6-11(10)17-2/h4-6,8H,7H2,1-3H3,(H,14,15). The van der Waals surface area contributed by atoms with E-state index in [4.69, 9.17) is 4.74 Å². The Bertz CT molecular complexity index is 465. The minimum Gasteiger partial charge on any atom is -0.496 e. The predicted octanol–water partition coefficient (Wildman–Crippen LogP) is 1.95. The van der Waals surface area contributed by atoms with Crippen molar-refractivity contribution in [1.29, 1.82) is 0 Å². The molecule has 1 N–H and O–H groups in total. The highest BCUT2D eigenvalue weighted by Gasteiger charge is 2.15. The summed E-state index contributed by atoms with van der Waals surface area (Å²) in [5, 5.41) is 2.79. The van der Waals surface area contributed by atoms with Gasteiger partial charge in [0.1, 0.15) is 5.75 Å². The van der Waals surface area contributed by atoms with Gasteiger partial charge in [-0.15, -0.1) is 0 Å². The summed E-state index contributed by atoms with van der Waals surface area (Å²) in [4.78, 5) is 12.0. The van der Waals surface area contributed by atoms with Crippen LogP contribution in [0.15, 0.2) is 22.7 Å². The number of amides is 1. The minimum absolute atomic E-state index is 0.142. The maximum atomic E-state index is 12.0. The van der Waals surface area contributed by atoms with Crippen LogP contribution in [0.1, 0.15) is 17.3 Å². The highest BCUT2D eigenvalue weighted by atomic mass is 79.9. The van der Waals surface area contributed by atoms with Crippen LogP contribution in [-0.4, -0.2) is 35.3 Å². The van der Waals surface area contributed by atoms with Gasteiger partial charge in [0.2, 0.25) is 0 Å². The quantitative estimate of drug-likeness (QED) is 0.896. The average molecular weight is 334 g/mol. The molecule has 0 heterocycles. The van der Waals surface area contributed by atoms with Crippen molar-refractivity contribution in [3.8, 4) is 5.75 Å². The number of rotatable bonds is 5. The van der Waals surface area contributed by atoms with E-state index < -0.39 is 10.8 Å². The van der Waals surface area contributed by atoms with Crippen LogP contribution >= 0.6 is 15.9 Å². The third-order valence-corrected chi connectivity index (χ3v) is 3.73. The van der Waals surface area contributed by atoms with Crippen molar-refractivity contribution < 1.29 is 13.7 Å². The molecule has 6 heteroatoms. The fourth-order valence-electron chi connectivity index (χ4n) is 1.55. The highest BCUT2D eigenvalue weighted by molar-refractivity contribution is 9.10. The van der Waals surface area contributed by atoms with Crippen LogP contribution in [0.5, 0.6) is 5.75 Å². The summed E-state index contributed by atoms with van der Waals surface area (Å²) in [5.74, 6) is 0.717. The number of hydrogen-bond donors (Lipinski definition) is 1. The first-order chi connectivity index (χ1) is 8.43. The molecule has 0 aromatic heterocycles. The van der Waals surface area contributed by atoms with E-state index in [1.807, 2.05) is 6.92 Å². The van der Waals surface area contributed by atoms with E-state index in [0.29, 0.717) is 17.1 Å². The zero-order valence-electron chi connectivity index (χ0n) is 10.5. The van der Waals surface area contributed by atoms with E-state index in [1.54, 1.807) is 24.5 Å². The molecule has 2 atom stereocenters. The molecule has 2 unspecified atom stereocenters. The Morgan fingerprint density at radius 1 is 1.56 bits per heavy atom. The molecule has 0 aliphatic rings. The Balaban J connectivity index is 2.81. The first kappa shape index (κ1) is 15.2. The first-order valence-electron chi connectivity index (χ1n) is 5.38. The molecular weight excluding hydrogens is 318 g/mol. The Labute approximate surface area is 118 Å². The zero-order valence-corrected chi connectivity index (χ0v) is 12.9. The van der Waals surface area contributed by atoms with Crippen LogP contribution in [0.2, 0.25) is 0 Å². The zero-order chi connectivity index (χ0) is 13.7. The molecule has 1 aromatic carbocycles. The van der Waals surface area contributed by atoms with Gasteiger partial charge in [0, 0.05) is 33.3 Å². The van der Waals surface area contributed by atoms with E-state index in [9.17, 15) is 9.00 Å². The number of ether oxygens (including phenoxy) is 1. The molecule has 0 spiro atoms. The summed E-state index contributed by atoms with van der Waals surface area (Å²) in [5.41, 5.74) is 0.467. The third kappa shape index (κ3) is 4.42.